The highest BCUT2D eigenvalue weighted by atomic mass is 19.1. The van der Waals surface area contributed by atoms with E-state index >= 15 is 4.39 Å². The average molecular weight is 398 g/mol. The van der Waals surface area contributed by atoms with E-state index in [4.69, 9.17) is 4.74 Å². The van der Waals surface area contributed by atoms with Crippen molar-refractivity contribution in [1.82, 2.24) is 4.90 Å². The molecule has 0 radical (unpaired) electrons. The van der Waals surface area contributed by atoms with Gasteiger partial charge >= 0.3 is 5.97 Å². The molecule has 1 saturated heterocycles. The molecule has 0 bridgehead atoms. The smallest absolute Gasteiger partial charge is 0.323 e. The zero-order valence-corrected chi connectivity index (χ0v) is 19.2. The highest BCUT2D eigenvalue weighted by molar-refractivity contribution is 5.76. The van der Waals surface area contributed by atoms with Crippen molar-refractivity contribution in [2.75, 3.05) is 13.2 Å². The van der Waals surface area contributed by atoms with Crippen LogP contribution >= 0.6 is 0 Å². The number of alkyl halides is 1. The van der Waals surface area contributed by atoms with E-state index in [-0.39, 0.29) is 17.6 Å². The van der Waals surface area contributed by atoms with Gasteiger partial charge < -0.3 is 4.74 Å². The minimum absolute atomic E-state index is 0.0873. The molecule has 164 valence electrons. The van der Waals surface area contributed by atoms with Crippen molar-refractivity contribution in [2.45, 2.75) is 117 Å². The average Bonchev–Trinajstić information content (AvgIpc) is 2.65. The first-order chi connectivity index (χ1) is 13.1. The third kappa shape index (κ3) is 5.93. The minimum Gasteiger partial charge on any atom is -0.464 e. The fraction of sp³-hybridized carbons (Fsp3) is 0.958. The Balaban J connectivity index is 2.09. The van der Waals surface area contributed by atoms with Crippen LogP contribution in [0, 0.1) is 17.8 Å². The quantitative estimate of drug-likeness (QED) is 0.460. The molecule has 28 heavy (non-hydrogen) atoms. The Morgan fingerprint density at radius 1 is 1.21 bits per heavy atom. The first-order valence-corrected chi connectivity index (χ1v) is 11.8. The molecule has 0 spiro atoms. The molecule has 0 amide bonds. The van der Waals surface area contributed by atoms with E-state index in [1.165, 1.54) is 0 Å². The van der Waals surface area contributed by atoms with Gasteiger partial charge in [0.1, 0.15) is 11.7 Å². The summed E-state index contributed by atoms with van der Waals surface area (Å²) in [6.07, 6.45) is 7.77. The van der Waals surface area contributed by atoms with Crippen LogP contribution in [-0.4, -0.2) is 41.3 Å². The van der Waals surface area contributed by atoms with Gasteiger partial charge in [-0.05, 0) is 70.6 Å². The maximum atomic E-state index is 15.4. The largest absolute Gasteiger partial charge is 0.464 e. The third-order valence-corrected chi connectivity index (χ3v) is 7.32. The van der Waals surface area contributed by atoms with Crippen molar-refractivity contribution in [1.29, 1.82) is 0 Å². The molecule has 0 aromatic carbocycles. The molecule has 2 aliphatic rings. The number of hydrogen-bond acceptors (Lipinski definition) is 3. The maximum Gasteiger partial charge on any atom is 0.323 e. The van der Waals surface area contributed by atoms with Gasteiger partial charge in [0.2, 0.25) is 0 Å². The van der Waals surface area contributed by atoms with Gasteiger partial charge in [0.25, 0.3) is 0 Å². The number of carbonyl (C=O) groups excluding carboxylic acids is 1. The van der Waals surface area contributed by atoms with Crippen molar-refractivity contribution >= 4 is 5.97 Å². The molecular weight excluding hydrogens is 353 g/mol. The zero-order valence-electron chi connectivity index (χ0n) is 19.2. The first kappa shape index (κ1) is 23.6. The number of carbonyl (C=O) groups is 1. The highest BCUT2D eigenvalue weighted by Crippen LogP contribution is 2.47. The van der Waals surface area contributed by atoms with E-state index in [1.54, 1.807) is 0 Å². The summed E-state index contributed by atoms with van der Waals surface area (Å²) < 4.78 is 21.2. The number of rotatable bonds is 8. The van der Waals surface area contributed by atoms with Crippen LogP contribution in [-0.2, 0) is 9.53 Å². The molecule has 4 unspecified atom stereocenters. The summed E-state index contributed by atoms with van der Waals surface area (Å²) in [5.74, 6) is 1.15. The Kier molecular flexibility index (Phi) is 8.37. The summed E-state index contributed by atoms with van der Waals surface area (Å²) in [6.45, 7) is 14.4. The predicted octanol–water partition coefficient (Wildman–Crippen LogP) is 6.15. The van der Waals surface area contributed by atoms with E-state index in [9.17, 15) is 4.79 Å². The molecule has 1 heterocycles. The second-order valence-electron chi connectivity index (χ2n) is 10.4. The summed E-state index contributed by atoms with van der Waals surface area (Å²) in [6, 6.07) is -0.232. The summed E-state index contributed by atoms with van der Waals surface area (Å²) in [5, 5.41) is 0. The summed E-state index contributed by atoms with van der Waals surface area (Å²) in [7, 11) is 0. The van der Waals surface area contributed by atoms with Crippen molar-refractivity contribution in [3.8, 4) is 0 Å². The number of unbranched alkanes of at least 4 members (excludes halogenated alkanes) is 1. The van der Waals surface area contributed by atoms with Crippen LogP contribution in [0.25, 0.3) is 0 Å². The second kappa shape index (κ2) is 9.91. The Morgan fingerprint density at radius 3 is 2.46 bits per heavy atom. The van der Waals surface area contributed by atoms with E-state index in [2.05, 4.69) is 46.4 Å². The molecule has 1 aliphatic carbocycles. The monoisotopic (exact) mass is 397 g/mol. The van der Waals surface area contributed by atoms with Crippen LogP contribution in [0.5, 0.6) is 0 Å². The molecule has 0 aromatic rings. The van der Waals surface area contributed by atoms with Crippen LogP contribution in [0.15, 0.2) is 0 Å². The number of nitrogens with zero attached hydrogens (tertiary/aromatic N) is 1. The highest BCUT2D eigenvalue weighted by Gasteiger charge is 2.49. The standard InChI is InChI=1S/C24H44FNO2/c1-7-10-12-24(25)13-11-19-16-26(23(4,5)6)21(14-20(19)15-24)22(27)28-17-18(8-2)9-3/h18-21H,7-17H2,1-6H3. The molecule has 2 rings (SSSR count). The van der Waals surface area contributed by atoms with E-state index in [0.29, 0.717) is 43.6 Å². The Hall–Kier alpha value is -0.640. The van der Waals surface area contributed by atoms with Gasteiger partial charge in [-0.1, -0.05) is 46.5 Å². The summed E-state index contributed by atoms with van der Waals surface area (Å²) in [5.41, 5.74) is -1.11. The van der Waals surface area contributed by atoms with Crippen molar-refractivity contribution in [2.24, 2.45) is 17.8 Å². The van der Waals surface area contributed by atoms with Crippen molar-refractivity contribution in [3.63, 3.8) is 0 Å². The van der Waals surface area contributed by atoms with Crippen molar-refractivity contribution < 1.29 is 13.9 Å². The number of fused-ring (bicyclic) bond motifs is 1. The van der Waals surface area contributed by atoms with Crippen LogP contribution in [0.1, 0.15) is 99.3 Å². The number of ether oxygens (including phenoxy) is 1. The normalized spacial score (nSPS) is 31.6. The molecule has 1 saturated carbocycles. The number of halogens is 1. The molecule has 3 nitrogen and oxygen atoms in total. The maximum absolute atomic E-state index is 15.4. The lowest BCUT2D eigenvalue weighted by Crippen LogP contribution is -2.60. The van der Waals surface area contributed by atoms with Crippen LogP contribution in [0.2, 0.25) is 0 Å². The Labute approximate surface area is 172 Å². The van der Waals surface area contributed by atoms with E-state index in [0.717, 1.165) is 45.1 Å². The third-order valence-electron chi connectivity index (χ3n) is 7.32. The van der Waals surface area contributed by atoms with Gasteiger partial charge in [-0.15, -0.1) is 0 Å². The van der Waals surface area contributed by atoms with Gasteiger partial charge in [-0.25, -0.2) is 4.39 Å². The molecule has 4 heteroatoms. The number of likely N-dealkylation sites (tertiary alicyclic amines) is 1. The van der Waals surface area contributed by atoms with Crippen LogP contribution in [0.4, 0.5) is 4.39 Å². The fourth-order valence-corrected chi connectivity index (χ4v) is 5.23. The molecule has 0 N–H and O–H groups in total. The van der Waals surface area contributed by atoms with E-state index < -0.39 is 5.67 Å². The molecule has 1 aliphatic heterocycles. The van der Waals surface area contributed by atoms with Crippen LogP contribution < -0.4 is 0 Å². The summed E-state index contributed by atoms with van der Waals surface area (Å²) >= 11 is 0. The second-order valence-corrected chi connectivity index (χ2v) is 10.4. The lowest BCUT2D eigenvalue weighted by Gasteiger charge is -2.52. The topological polar surface area (TPSA) is 29.5 Å². The Morgan fingerprint density at radius 2 is 1.89 bits per heavy atom. The van der Waals surface area contributed by atoms with Gasteiger partial charge in [0.05, 0.1) is 6.61 Å². The van der Waals surface area contributed by atoms with E-state index in [1.807, 2.05) is 0 Å². The predicted molar refractivity (Wildman–Crippen MR) is 114 cm³/mol. The van der Waals surface area contributed by atoms with Gasteiger partial charge in [0.15, 0.2) is 0 Å². The number of hydrogen-bond donors (Lipinski definition) is 0. The van der Waals surface area contributed by atoms with Gasteiger partial charge in [0, 0.05) is 12.1 Å². The fourth-order valence-electron chi connectivity index (χ4n) is 5.23. The lowest BCUT2D eigenvalue weighted by atomic mass is 9.66. The van der Waals surface area contributed by atoms with Gasteiger partial charge in [-0.2, -0.15) is 0 Å². The SMILES string of the molecule is CCCCC1(F)CCC2CN(C(C)(C)C)C(C(=O)OCC(CC)CC)CC2C1. The minimum atomic E-state index is -1.02. The lowest BCUT2D eigenvalue weighted by molar-refractivity contribution is -0.160. The zero-order chi connectivity index (χ0) is 20.9. The number of piperidine rings is 1. The molecule has 4 atom stereocenters. The molecule has 0 aromatic heterocycles. The van der Waals surface area contributed by atoms with Crippen molar-refractivity contribution in [3.05, 3.63) is 0 Å². The number of esters is 1. The molecule has 2 fully saturated rings. The summed E-state index contributed by atoms with van der Waals surface area (Å²) in [4.78, 5) is 15.4. The first-order valence-electron chi connectivity index (χ1n) is 11.8. The van der Waals surface area contributed by atoms with Gasteiger partial charge in [-0.3, -0.25) is 9.69 Å². The Bertz CT molecular complexity index is 499. The van der Waals surface area contributed by atoms with Crippen LogP contribution in [0.3, 0.4) is 0 Å². The molecular formula is C24H44FNO2.